The zero-order valence-electron chi connectivity index (χ0n) is 12.3. The van der Waals surface area contributed by atoms with Crippen molar-refractivity contribution in [1.82, 2.24) is 0 Å². The van der Waals surface area contributed by atoms with Gasteiger partial charge in [0.1, 0.15) is 12.1 Å². The predicted octanol–water partition coefficient (Wildman–Crippen LogP) is 2.91. The van der Waals surface area contributed by atoms with Gasteiger partial charge in [0.15, 0.2) is 0 Å². The van der Waals surface area contributed by atoms with Gasteiger partial charge in [0, 0.05) is 17.8 Å². The van der Waals surface area contributed by atoms with Crippen molar-refractivity contribution in [3.8, 4) is 6.07 Å². The lowest BCUT2D eigenvalue weighted by molar-refractivity contribution is -0.384. The van der Waals surface area contributed by atoms with E-state index in [2.05, 4.69) is 10.6 Å². The van der Waals surface area contributed by atoms with E-state index in [0.29, 0.717) is 11.4 Å². The van der Waals surface area contributed by atoms with E-state index in [0.717, 1.165) is 0 Å². The molecule has 0 aromatic heterocycles. The molecule has 7 heteroatoms. The number of hydrogen-bond donors (Lipinski definition) is 2. The molecule has 7 nitrogen and oxygen atoms in total. The van der Waals surface area contributed by atoms with E-state index in [9.17, 15) is 14.9 Å². The highest BCUT2D eigenvalue weighted by Gasteiger charge is 2.16. The number of hydrogen-bond acceptors (Lipinski definition) is 5. The number of nitro benzene ring substituents is 1. The monoisotopic (exact) mass is 310 g/mol. The van der Waals surface area contributed by atoms with Gasteiger partial charge in [-0.1, -0.05) is 18.2 Å². The molecule has 116 valence electrons. The Hall–Kier alpha value is -3.40. The fourth-order valence-electron chi connectivity index (χ4n) is 1.93. The van der Waals surface area contributed by atoms with Gasteiger partial charge in [-0.15, -0.1) is 0 Å². The van der Waals surface area contributed by atoms with Gasteiger partial charge in [-0.3, -0.25) is 14.9 Å². The summed E-state index contributed by atoms with van der Waals surface area (Å²) in [7, 11) is 0. The molecule has 1 unspecified atom stereocenters. The fraction of sp³-hybridized carbons (Fsp3) is 0.125. The van der Waals surface area contributed by atoms with Crippen molar-refractivity contribution < 1.29 is 9.72 Å². The Kier molecular flexibility index (Phi) is 4.89. The van der Waals surface area contributed by atoms with Crippen LogP contribution in [-0.4, -0.2) is 16.9 Å². The van der Waals surface area contributed by atoms with Gasteiger partial charge in [0.25, 0.3) is 5.69 Å². The summed E-state index contributed by atoms with van der Waals surface area (Å²) < 4.78 is 0. The number of non-ortho nitro benzene ring substituents is 1. The van der Waals surface area contributed by atoms with Crippen LogP contribution in [-0.2, 0) is 4.79 Å². The molecule has 0 saturated carbocycles. The first kappa shape index (κ1) is 16.0. The molecule has 0 aliphatic heterocycles. The summed E-state index contributed by atoms with van der Waals surface area (Å²) >= 11 is 0. The lowest BCUT2D eigenvalue weighted by Gasteiger charge is -2.16. The number of amides is 1. The number of benzene rings is 2. The summed E-state index contributed by atoms with van der Waals surface area (Å²) in [6.07, 6.45) is 0. The van der Waals surface area contributed by atoms with E-state index >= 15 is 0 Å². The maximum Gasteiger partial charge on any atom is 0.270 e. The van der Waals surface area contributed by atoms with Crippen LogP contribution in [0.5, 0.6) is 0 Å². The lowest BCUT2D eigenvalue weighted by atomic mass is 10.1. The number of nitriles is 1. The van der Waals surface area contributed by atoms with Gasteiger partial charge >= 0.3 is 0 Å². The summed E-state index contributed by atoms with van der Waals surface area (Å²) in [5, 5.41) is 25.5. The third-order valence-electron chi connectivity index (χ3n) is 3.14. The molecule has 2 aromatic rings. The number of rotatable bonds is 5. The molecule has 0 spiro atoms. The first-order valence-electron chi connectivity index (χ1n) is 6.82. The largest absolute Gasteiger partial charge is 0.373 e. The zero-order valence-corrected chi connectivity index (χ0v) is 12.3. The second kappa shape index (κ2) is 7.04. The smallest absolute Gasteiger partial charge is 0.270 e. The molecule has 0 heterocycles. The molecule has 1 atom stereocenters. The molecular weight excluding hydrogens is 296 g/mol. The van der Waals surface area contributed by atoms with Gasteiger partial charge in [-0.05, 0) is 25.1 Å². The highest BCUT2D eigenvalue weighted by molar-refractivity contribution is 5.96. The number of nitro groups is 1. The van der Waals surface area contributed by atoms with Crippen molar-refractivity contribution in [1.29, 1.82) is 5.26 Å². The lowest BCUT2D eigenvalue weighted by Crippen LogP contribution is -2.32. The van der Waals surface area contributed by atoms with E-state index in [-0.39, 0.29) is 17.2 Å². The van der Waals surface area contributed by atoms with Crippen molar-refractivity contribution in [3.05, 3.63) is 64.2 Å². The van der Waals surface area contributed by atoms with Gasteiger partial charge in [0.2, 0.25) is 5.91 Å². The molecular formula is C16H14N4O3. The van der Waals surface area contributed by atoms with Crippen LogP contribution in [0, 0.1) is 21.4 Å². The Morgan fingerprint density at radius 1 is 1.26 bits per heavy atom. The number of carbonyl (C=O) groups is 1. The molecule has 2 N–H and O–H groups in total. The van der Waals surface area contributed by atoms with Gasteiger partial charge in [-0.25, -0.2) is 0 Å². The minimum absolute atomic E-state index is 0.110. The third-order valence-corrected chi connectivity index (χ3v) is 3.14. The van der Waals surface area contributed by atoms with Crippen molar-refractivity contribution >= 4 is 23.0 Å². The van der Waals surface area contributed by atoms with Crippen molar-refractivity contribution in [2.24, 2.45) is 0 Å². The number of nitrogens with one attached hydrogen (secondary N) is 2. The van der Waals surface area contributed by atoms with Gasteiger partial charge in [0.05, 0.1) is 16.2 Å². The van der Waals surface area contributed by atoms with Gasteiger partial charge < -0.3 is 10.6 Å². The molecule has 1 amide bonds. The van der Waals surface area contributed by atoms with E-state index < -0.39 is 11.0 Å². The van der Waals surface area contributed by atoms with E-state index in [1.807, 2.05) is 12.1 Å². The Morgan fingerprint density at radius 3 is 2.57 bits per heavy atom. The van der Waals surface area contributed by atoms with Gasteiger partial charge in [-0.2, -0.15) is 5.26 Å². The molecule has 2 rings (SSSR count). The Labute approximate surface area is 132 Å². The maximum absolute atomic E-state index is 12.1. The van der Waals surface area contributed by atoms with Crippen LogP contribution in [0.1, 0.15) is 12.5 Å². The Morgan fingerprint density at radius 2 is 1.96 bits per heavy atom. The number of para-hydroxylation sites is 1. The standard InChI is InChI=1S/C16H14N4O3/c1-11(16(21)19-13-5-3-2-4-6-13)18-15-8-7-14(20(22)23)9-12(15)10-17/h2-9,11,18H,1H3,(H,19,21). The van der Waals surface area contributed by atoms with E-state index in [1.54, 1.807) is 31.2 Å². The van der Waals surface area contributed by atoms with Crippen molar-refractivity contribution in [2.75, 3.05) is 10.6 Å². The zero-order chi connectivity index (χ0) is 16.8. The first-order chi connectivity index (χ1) is 11.0. The van der Waals surface area contributed by atoms with Crippen molar-refractivity contribution in [2.45, 2.75) is 13.0 Å². The van der Waals surface area contributed by atoms with E-state index in [4.69, 9.17) is 5.26 Å². The van der Waals surface area contributed by atoms with E-state index in [1.165, 1.54) is 18.2 Å². The second-order valence-corrected chi connectivity index (χ2v) is 4.82. The summed E-state index contributed by atoms with van der Waals surface area (Å²) in [4.78, 5) is 22.3. The van der Waals surface area contributed by atoms with Crippen LogP contribution in [0.15, 0.2) is 48.5 Å². The first-order valence-corrected chi connectivity index (χ1v) is 6.82. The highest BCUT2D eigenvalue weighted by Crippen LogP contribution is 2.22. The summed E-state index contributed by atoms with van der Waals surface area (Å²) in [6.45, 7) is 1.64. The van der Waals surface area contributed by atoms with Crippen LogP contribution in [0.3, 0.4) is 0 Å². The Bertz CT molecular complexity index is 769. The van der Waals surface area contributed by atoms with Crippen LogP contribution in [0.2, 0.25) is 0 Å². The third kappa shape index (κ3) is 4.04. The van der Waals surface area contributed by atoms with Crippen LogP contribution in [0.4, 0.5) is 17.1 Å². The molecule has 0 aliphatic rings. The molecule has 0 bridgehead atoms. The second-order valence-electron chi connectivity index (χ2n) is 4.82. The minimum atomic E-state index is -0.622. The molecule has 0 fully saturated rings. The van der Waals surface area contributed by atoms with Crippen LogP contribution in [0.25, 0.3) is 0 Å². The molecule has 0 aliphatic carbocycles. The Balaban J connectivity index is 2.10. The topological polar surface area (TPSA) is 108 Å². The summed E-state index contributed by atoms with van der Waals surface area (Å²) in [5.41, 5.74) is 0.969. The average molecular weight is 310 g/mol. The number of carbonyl (C=O) groups excluding carboxylic acids is 1. The fourth-order valence-corrected chi connectivity index (χ4v) is 1.93. The highest BCUT2D eigenvalue weighted by atomic mass is 16.6. The van der Waals surface area contributed by atoms with Crippen LogP contribution < -0.4 is 10.6 Å². The quantitative estimate of drug-likeness (QED) is 0.652. The minimum Gasteiger partial charge on any atom is -0.373 e. The maximum atomic E-state index is 12.1. The van der Waals surface area contributed by atoms with Crippen LogP contribution >= 0.6 is 0 Å². The predicted molar refractivity (Wildman–Crippen MR) is 86.0 cm³/mol. The summed E-state index contributed by atoms with van der Waals surface area (Å²) in [6, 6.07) is 14.1. The van der Waals surface area contributed by atoms with Crippen molar-refractivity contribution in [3.63, 3.8) is 0 Å². The molecule has 0 radical (unpaired) electrons. The number of nitrogens with zero attached hydrogens (tertiary/aromatic N) is 2. The molecule has 2 aromatic carbocycles. The average Bonchev–Trinajstić information content (AvgIpc) is 2.55. The molecule has 0 saturated heterocycles. The molecule has 23 heavy (non-hydrogen) atoms. The number of anilines is 2. The summed E-state index contributed by atoms with van der Waals surface area (Å²) in [5.74, 6) is -0.279. The SMILES string of the molecule is CC(Nc1ccc([N+](=O)[O-])cc1C#N)C(=O)Nc1ccccc1. The normalized spacial score (nSPS) is 11.1.